The van der Waals surface area contributed by atoms with Crippen molar-refractivity contribution in [1.29, 1.82) is 0 Å². The molecule has 260 valence electrons. The quantitative estimate of drug-likeness (QED) is 0.291. The molecule has 1 aromatic rings. The molecule has 0 aromatic heterocycles. The molecule has 4 rings (SSSR count). The standard InChI is InChI=1S/C34H46O13/c1-17(2)28(38)44-22-15-32(9,41)34-25(37)23(31(7,8)47-34)24(45-29(39)18(3)4)27(46-30(40)21-13-11-10-12-14-21)33(34,16-42-19(5)35)26(22)43-20(6)36/h10-14,17-18,22-27,37,41H,15-16H2,1-9H3/t22?,23-,24-,25+,26?,27+,32-,33?,34-/m0/s1. The van der Waals surface area contributed by atoms with E-state index in [4.69, 9.17) is 28.4 Å². The van der Waals surface area contributed by atoms with E-state index in [0.29, 0.717) is 0 Å². The molecule has 3 unspecified atom stereocenters. The lowest BCUT2D eigenvalue weighted by atomic mass is 9.45. The van der Waals surface area contributed by atoms with Crippen LogP contribution >= 0.6 is 0 Å². The van der Waals surface area contributed by atoms with E-state index >= 15 is 0 Å². The Balaban J connectivity index is 2.12. The van der Waals surface area contributed by atoms with Crippen molar-refractivity contribution in [1.82, 2.24) is 0 Å². The summed E-state index contributed by atoms with van der Waals surface area (Å²) in [6, 6.07) is 7.90. The van der Waals surface area contributed by atoms with E-state index in [1.165, 1.54) is 19.1 Å². The van der Waals surface area contributed by atoms with Gasteiger partial charge in [0.25, 0.3) is 0 Å². The van der Waals surface area contributed by atoms with E-state index in [1.54, 1.807) is 59.7 Å². The highest BCUT2D eigenvalue weighted by Gasteiger charge is 2.88. The number of hydrogen-bond donors (Lipinski definition) is 2. The lowest BCUT2D eigenvalue weighted by Gasteiger charge is -2.66. The van der Waals surface area contributed by atoms with Gasteiger partial charge in [-0.3, -0.25) is 19.2 Å². The fourth-order valence-corrected chi connectivity index (χ4v) is 7.68. The summed E-state index contributed by atoms with van der Waals surface area (Å²) < 4.78 is 36.5. The van der Waals surface area contributed by atoms with Gasteiger partial charge in [0.1, 0.15) is 29.8 Å². The summed E-state index contributed by atoms with van der Waals surface area (Å²) in [6.45, 7) is 12.4. The van der Waals surface area contributed by atoms with Gasteiger partial charge in [-0.05, 0) is 32.9 Å². The molecule has 0 radical (unpaired) electrons. The minimum atomic E-state index is -2.23. The number of carbonyl (C=O) groups excluding carboxylic acids is 5. The van der Waals surface area contributed by atoms with Gasteiger partial charge in [-0.2, -0.15) is 0 Å². The van der Waals surface area contributed by atoms with E-state index in [9.17, 15) is 34.2 Å². The Morgan fingerprint density at radius 3 is 1.96 bits per heavy atom. The van der Waals surface area contributed by atoms with Gasteiger partial charge >= 0.3 is 29.8 Å². The minimum Gasteiger partial charge on any atom is -0.465 e. The fourth-order valence-electron chi connectivity index (χ4n) is 7.68. The second-order valence-corrected chi connectivity index (χ2v) is 14.1. The number of aliphatic hydroxyl groups excluding tert-OH is 1. The summed E-state index contributed by atoms with van der Waals surface area (Å²) >= 11 is 0. The molecule has 1 aliphatic heterocycles. The van der Waals surface area contributed by atoms with E-state index in [-0.39, 0.29) is 5.56 Å². The molecular weight excluding hydrogens is 616 g/mol. The minimum absolute atomic E-state index is 0.103. The van der Waals surface area contributed by atoms with Gasteiger partial charge in [0, 0.05) is 20.3 Å². The van der Waals surface area contributed by atoms with Crippen LogP contribution in [0.2, 0.25) is 0 Å². The first-order valence-corrected chi connectivity index (χ1v) is 15.8. The van der Waals surface area contributed by atoms with Gasteiger partial charge in [0.2, 0.25) is 0 Å². The first kappa shape index (κ1) is 36.3. The Morgan fingerprint density at radius 1 is 0.851 bits per heavy atom. The van der Waals surface area contributed by atoms with Gasteiger partial charge < -0.3 is 38.6 Å². The number of rotatable bonds is 9. The molecule has 13 nitrogen and oxygen atoms in total. The molecule has 1 saturated heterocycles. The second-order valence-electron chi connectivity index (χ2n) is 14.1. The lowest BCUT2D eigenvalue weighted by Crippen LogP contribution is -2.85. The number of esters is 5. The predicted molar refractivity (Wildman–Crippen MR) is 162 cm³/mol. The molecule has 2 bridgehead atoms. The Kier molecular flexibility index (Phi) is 9.89. The van der Waals surface area contributed by atoms with E-state index < -0.39 is 113 Å². The number of carbonyl (C=O) groups is 5. The number of hydrogen-bond acceptors (Lipinski definition) is 13. The van der Waals surface area contributed by atoms with Crippen molar-refractivity contribution in [3.63, 3.8) is 0 Å². The second kappa shape index (κ2) is 12.8. The number of ether oxygens (including phenoxy) is 6. The van der Waals surface area contributed by atoms with Gasteiger partial charge in [-0.15, -0.1) is 0 Å². The maximum atomic E-state index is 13.9. The van der Waals surface area contributed by atoms with Crippen molar-refractivity contribution < 1.29 is 62.6 Å². The van der Waals surface area contributed by atoms with Gasteiger partial charge in [0.05, 0.1) is 40.6 Å². The topological polar surface area (TPSA) is 181 Å². The van der Waals surface area contributed by atoms with E-state index in [2.05, 4.69) is 0 Å². The molecule has 1 heterocycles. The zero-order valence-electron chi connectivity index (χ0n) is 28.3. The largest absolute Gasteiger partial charge is 0.465 e. The average molecular weight is 663 g/mol. The van der Waals surface area contributed by atoms with E-state index in [0.717, 1.165) is 13.8 Å². The van der Waals surface area contributed by atoms with Gasteiger partial charge in [-0.1, -0.05) is 45.9 Å². The lowest BCUT2D eigenvalue weighted by molar-refractivity contribution is -0.363. The first-order valence-electron chi connectivity index (χ1n) is 15.8. The normalized spacial score (nSPS) is 35.4. The molecule has 2 aliphatic carbocycles. The zero-order chi connectivity index (χ0) is 35.3. The molecule has 0 amide bonds. The van der Waals surface area contributed by atoms with E-state index in [1.807, 2.05) is 0 Å². The van der Waals surface area contributed by atoms with Crippen molar-refractivity contribution in [3.8, 4) is 0 Å². The number of fused-ring (bicyclic) bond motifs is 1. The Morgan fingerprint density at radius 2 is 1.43 bits per heavy atom. The third-order valence-corrected chi connectivity index (χ3v) is 9.59. The summed E-state index contributed by atoms with van der Waals surface area (Å²) in [5.74, 6) is -6.42. The summed E-state index contributed by atoms with van der Waals surface area (Å²) in [6.07, 6.45) is -8.38. The molecule has 9 atom stereocenters. The Hall–Kier alpha value is -3.55. The third-order valence-electron chi connectivity index (χ3n) is 9.59. The molecule has 47 heavy (non-hydrogen) atoms. The van der Waals surface area contributed by atoms with Gasteiger partial charge in [0.15, 0.2) is 12.2 Å². The first-order chi connectivity index (χ1) is 21.7. The summed E-state index contributed by atoms with van der Waals surface area (Å²) in [5.41, 5.74) is -7.85. The molecule has 1 aromatic carbocycles. The number of benzene rings is 1. The van der Waals surface area contributed by atoms with Crippen molar-refractivity contribution in [2.75, 3.05) is 6.61 Å². The van der Waals surface area contributed by atoms with Crippen LogP contribution in [-0.2, 0) is 47.6 Å². The molecule has 2 saturated carbocycles. The molecule has 3 fully saturated rings. The molecule has 2 N–H and O–H groups in total. The monoisotopic (exact) mass is 662 g/mol. The van der Waals surface area contributed by atoms with Crippen molar-refractivity contribution >= 4 is 29.8 Å². The average Bonchev–Trinajstić information content (AvgIpc) is 3.15. The SMILES string of the molecule is CC(=O)OCC12C(OC(C)=O)C(OC(=O)C(C)C)C[C@](C)(O)[C@]13OC(C)(C)[C@@H]([C@H](OC(=O)C(C)C)[C@H]2OC(=O)c1ccccc1)[C@H]3O. The van der Waals surface area contributed by atoms with Crippen LogP contribution in [0.25, 0.3) is 0 Å². The highest BCUT2D eigenvalue weighted by atomic mass is 16.6. The summed E-state index contributed by atoms with van der Waals surface area (Å²) in [4.78, 5) is 65.7. The van der Waals surface area contributed by atoms with Crippen LogP contribution in [0.5, 0.6) is 0 Å². The van der Waals surface area contributed by atoms with Crippen LogP contribution in [0.3, 0.4) is 0 Å². The third kappa shape index (κ3) is 6.02. The van der Waals surface area contributed by atoms with Crippen LogP contribution in [-0.4, -0.2) is 94.0 Å². The van der Waals surface area contributed by atoms with Crippen LogP contribution in [0.4, 0.5) is 0 Å². The predicted octanol–water partition coefficient (Wildman–Crippen LogP) is 2.52. The molecular formula is C34H46O13. The summed E-state index contributed by atoms with van der Waals surface area (Å²) in [7, 11) is 0. The summed E-state index contributed by atoms with van der Waals surface area (Å²) in [5, 5.41) is 24.9. The fraction of sp³-hybridized carbons (Fsp3) is 0.676. The molecule has 13 heteroatoms. The molecule has 1 spiro atoms. The maximum absolute atomic E-state index is 13.9. The highest BCUT2D eigenvalue weighted by Crippen LogP contribution is 2.69. The van der Waals surface area contributed by atoms with Crippen molar-refractivity contribution in [2.24, 2.45) is 23.2 Å². The highest BCUT2D eigenvalue weighted by molar-refractivity contribution is 5.89. The maximum Gasteiger partial charge on any atom is 0.338 e. The zero-order valence-corrected chi connectivity index (χ0v) is 28.3. The number of aliphatic hydroxyl groups is 2. The van der Waals surface area contributed by atoms with Crippen molar-refractivity contribution in [3.05, 3.63) is 35.9 Å². The van der Waals surface area contributed by atoms with Crippen LogP contribution < -0.4 is 0 Å². The smallest absolute Gasteiger partial charge is 0.338 e. The Labute approximate surface area is 274 Å². The van der Waals surface area contributed by atoms with Gasteiger partial charge in [-0.25, -0.2) is 4.79 Å². The van der Waals surface area contributed by atoms with Crippen LogP contribution in [0.1, 0.15) is 79.1 Å². The van der Waals surface area contributed by atoms with Crippen molar-refractivity contribution in [2.45, 2.75) is 116 Å². The Bertz CT molecular complexity index is 1390. The van der Waals surface area contributed by atoms with Crippen LogP contribution in [0.15, 0.2) is 30.3 Å². The molecule has 3 aliphatic rings. The van der Waals surface area contributed by atoms with Crippen LogP contribution in [0, 0.1) is 23.2 Å².